The Morgan fingerprint density at radius 2 is 2.58 bits per heavy atom. The van der Waals surface area contributed by atoms with Crippen LogP contribution in [0.15, 0.2) is 10.6 Å². The molecule has 1 aromatic rings. The highest BCUT2D eigenvalue weighted by molar-refractivity contribution is 5.70. The van der Waals surface area contributed by atoms with Gasteiger partial charge in [-0.2, -0.15) is 0 Å². The molecule has 1 N–H and O–H groups in total. The number of carbonyl (C=O) groups is 1. The molecule has 62 valence electrons. The van der Waals surface area contributed by atoms with E-state index in [0.717, 1.165) is 0 Å². The van der Waals surface area contributed by atoms with Crippen LogP contribution in [0.4, 0.5) is 0 Å². The summed E-state index contributed by atoms with van der Waals surface area (Å²) in [6.07, 6.45) is 5.51. The Morgan fingerprint density at radius 1 is 1.92 bits per heavy atom. The summed E-state index contributed by atoms with van der Waals surface area (Å²) >= 11 is 0. The molecule has 0 fully saturated rings. The number of aliphatic hydroxyl groups is 1. The molecule has 0 unspecified atom stereocenters. The fourth-order valence-corrected chi connectivity index (χ4v) is 0.648. The molecule has 0 aliphatic carbocycles. The SMILES string of the molecule is C#C[C@](C)(O)c1cc(C=O)on1. The molecule has 1 heterocycles. The van der Waals surface area contributed by atoms with Crippen LogP contribution in [0, 0.1) is 12.3 Å². The van der Waals surface area contributed by atoms with Gasteiger partial charge in [0.15, 0.2) is 17.6 Å². The van der Waals surface area contributed by atoms with Crippen molar-refractivity contribution in [1.29, 1.82) is 0 Å². The first kappa shape index (κ1) is 8.50. The van der Waals surface area contributed by atoms with Gasteiger partial charge >= 0.3 is 0 Å². The zero-order valence-electron chi connectivity index (χ0n) is 6.44. The van der Waals surface area contributed by atoms with E-state index in [1.54, 1.807) is 0 Å². The Morgan fingerprint density at radius 3 is 3.00 bits per heavy atom. The first-order valence-electron chi connectivity index (χ1n) is 3.22. The largest absolute Gasteiger partial charge is 0.372 e. The molecule has 0 saturated carbocycles. The Labute approximate surface area is 69.2 Å². The third kappa shape index (κ3) is 1.36. The van der Waals surface area contributed by atoms with E-state index in [1.807, 2.05) is 0 Å². The van der Waals surface area contributed by atoms with Gasteiger partial charge in [-0.05, 0) is 6.92 Å². The number of aldehydes is 1. The lowest BCUT2D eigenvalue weighted by molar-refractivity contribution is 0.107. The van der Waals surface area contributed by atoms with E-state index in [9.17, 15) is 9.90 Å². The highest BCUT2D eigenvalue weighted by Crippen LogP contribution is 2.17. The lowest BCUT2D eigenvalue weighted by atomic mass is 10.0. The van der Waals surface area contributed by atoms with Gasteiger partial charge in [0.25, 0.3) is 0 Å². The minimum Gasteiger partial charge on any atom is -0.372 e. The van der Waals surface area contributed by atoms with Crippen LogP contribution in [-0.2, 0) is 5.60 Å². The fraction of sp³-hybridized carbons (Fsp3) is 0.250. The van der Waals surface area contributed by atoms with Crippen molar-refractivity contribution in [3.8, 4) is 12.3 Å². The van der Waals surface area contributed by atoms with E-state index in [0.29, 0.717) is 6.29 Å². The van der Waals surface area contributed by atoms with E-state index >= 15 is 0 Å². The van der Waals surface area contributed by atoms with Crippen molar-refractivity contribution < 1.29 is 14.4 Å². The Hall–Kier alpha value is -1.60. The summed E-state index contributed by atoms with van der Waals surface area (Å²) in [5, 5.41) is 12.9. The molecule has 1 rings (SSSR count). The van der Waals surface area contributed by atoms with Gasteiger partial charge in [0.2, 0.25) is 0 Å². The minimum atomic E-state index is -1.48. The van der Waals surface area contributed by atoms with Gasteiger partial charge < -0.3 is 9.63 Å². The zero-order valence-corrected chi connectivity index (χ0v) is 6.44. The lowest BCUT2D eigenvalue weighted by Crippen LogP contribution is -2.18. The van der Waals surface area contributed by atoms with Gasteiger partial charge in [0.05, 0.1) is 0 Å². The van der Waals surface area contributed by atoms with Gasteiger partial charge in [-0.3, -0.25) is 4.79 Å². The summed E-state index contributed by atoms with van der Waals surface area (Å²) in [7, 11) is 0. The van der Waals surface area contributed by atoms with Crippen molar-refractivity contribution in [1.82, 2.24) is 5.16 Å². The summed E-state index contributed by atoms with van der Waals surface area (Å²) in [6, 6.07) is 1.30. The van der Waals surface area contributed by atoms with Crippen molar-refractivity contribution in [2.45, 2.75) is 12.5 Å². The third-order valence-corrected chi connectivity index (χ3v) is 1.42. The predicted octanol–water partition coefficient (Wildman–Crippen LogP) is 0.328. The number of hydrogen-bond donors (Lipinski definition) is 1. The lowest BCUT2D eigenvalue weighted by Gasteiger charge is -2.10. The second-order valence-electron chi connectivity index (χ2n) is 2.45. The molecule has 0 aliphatic rings. The van der Waals surface area contributed by atoms with Crippen LogP contribution >= 0.6 is 0 Å². The highest BCUT2D eigenvalue weighted by Gasteiger charge is 2.24. The van der Waals surface area contributed by atoms with Crippen LogP contribution in [0.2, 0.25) is 0 Å². The molecular formula is C8H7NO3. The normalized spacial score (nSPS) is 14.8. The summed E-state index contributed by atoms with van der Waals surface area (Å²) in [5.41, 5.74) is -1.32. The number of rotatable bonds is 2. The molecule has 0 amide bonds. The van der Waals surface area contributed by atoms with Crippen LogP contribution in [0.25, 0.3) is 0 Å². The van der Waals surface area contributed by atoms with E-state index in [-0.39, 0.29) is 11.5 Å². The predicted molar refractivity (Wildman–Crippen MR) is 40.3 cm³/mol. The summed E-state index contributed by atoms with van der Waals surface area (Å²) < 4.78 is 4.53. The molecule has 0 aliphatic heterocycles. The first-order chi connectivity index (χ1) is 5.60. The Balaban J connectivity index is 3.05. The van der Waals surface area contributed by atoms with E-state index in [4.69, 9.17) is 6.42 Å². The average molecular weight is 165 g/mol. The second kappa shape index (κ2) is 2.80. The number of carbonyl (C=O) groups excluding carboxylic acids is 1. The molecule has 4 heteroatoms. The number of nitrogens with zero attached hydrogens (tertiary/aromatic N) is 1. The molecular weight excluding hydrogens is 158 g/mol. The smallest absolute Gasteiger partial charge is 0.199 e. The van der Waals surface area contributed by atoms with Crippen LogP contribution in [0.3, 0.4) is 0 Å². The molecule has 0 radical (unpaired) electrons. The minimum absolute atomic E-state index is 0.0422. The van der Waals surface area contributed by atoms with Gasteiger partial charge in [0, 0.05) is 6.07 Å². The van der Waals surface area contributed by atoms with Crippen molar-refractivity contribution >= 4 is 6.29 Å². The molecule has 12 heavy (non-hydrogen) atoms. The zero-order chi connectivity index (χ0) is 9.19. The Kier molecular flexibility index (Phi) is 1.98. The van der Waals surface area contributed by atoms with Crippen LogP contribution in [0.5, 0.6) is 0 Å². The van der Waals surface area contributed by atoms with Gasteiger partial charge in [0.1, 0.15) is 5.69 Å². The second-order valence-corrected chi connectivity index (χ2v) is 2.45. The van der Waals surface area contributed by atoms with Crippen LogP contribution in [-0.4, -0.2) is 16.5 Å². The third-order valence-electron chi connectivity index (χ3n) is 1.42. The summed E-state index contributed by atoms with van der Waals surface area (Å²) in [6.45, 7) is 1.39. The summed E-state index contributed by atoms with van der Waals surface area (Å²) in [4.78, 5) is 10.2. The maximum atomic E-state index is 10.2. The molecule has 1 atom stereocenters. The maximum Gasteiger partial charge on any atom is 0.199 e. The average Bonchev–Trinajstić information content (AvgIpc) is 2.52. The highest BCUT2D eigenvalue weighted by atomic mass is 16.5. The van der Waals surface area contributed by atoms with E-state index in [2.05, 4.69) is 15.6 Å². The van der Waals surface area contributed by atoms with E-state index < -0.39 is 5.60 Å². The topological polar surface area (TPSA) is 63.3 Å². The number of hydrogen-bond acceptors (Lipinski definition) is 4. The van der Waals surface area contributed by atoms with Gasteiger partial charge in [-0.25, -0.2) is 0 Å². The van der Waals surface area contributed by atoms with Crippen molar-refractivity contribution in [2.24, 2.45) is 0 Å². The molecule has 4 nitrogen and oxygen atoms in total. The molecule has 0 saturated heterocycles. The number of terminal acetylenes is 1. The van der Waals surface area contributed by atoms with Crippen molar-refractivity contribution in [2.75, 3.05) is 0 Å². The number of aromatic nitrogens is 1. The van der Waals surface area contributed by atoms with E-state index in [1.165, 1.54) is 13.0 Å². The fourth-order valence-electron chi connectivity index (χ4n) is 0.648. The first-order valence-corrected chi connectivity index (χ1v) is 3.22. The quantitative estimate of drug-likeness (QED) is 0.506. The maximum absolute atomic E-state index is 10.2. The van der Waals surface area contributed by atoms with Gasteiger partial charge in [-0.15, -0.1) is 6.42 Å². The molecule has 0 bridgehead atoms. The van der Waals surface area contributed by atoms with Crippen LogP contribution in [0.1, 0.15) is 23.2 Å². The molecule has 0 spiro atoms. The van der Waals surface area contributed by atoms with Crippen molar-refractivity contribution in [3.05, 3.63) is 17.5 Å². The Bertz CT molecular complexity index is 332. The monoisotopic (exact) mass is 165 g/mol. The van der Waals surface area contributed by atoms with Crippen molar-refractivity contribution in [3.63, 3.8) is 0 Å². The molecule has 1 aromatic heterocycles. The summed E-state index contributed by atoms with van der Waals surface area (Å²) in [5.74, 6) is 2.15. The standard InChI is InChI=1S/C8H7NO3/c1-3-8(2,11)7-4-6(5-10)12-9-7/h1,4-5,11H,2H3/t8-/m0/s1. The van der Waals surface area contributed by atoms with Gasteiger partial charge in [-0.1, -0.05) is 11.1 Å². The van der Waals surface area contributed by atoms with Crippen LogP contribution < -0.4 is 0 Å². The molecule has 0 aromatic carbocycles.